The Morgan fingerprint density at radius 2 is 1.82 bits per heavy atom. The van der Waals surface area contributed by atoms with Crippen molar-refractivity contribution in [1.29, 1.82) is 0 Å². The molecular formula is C16H17FN2O3. The molecule has 0 bridgehead atoms. The Bertz CT molecular complexity index is 614. The van der Waals surface area contributed by atoms with E-state index in [1.807, 2.05) is 0 Å². The van der Waals surface area contributed by atoms with Gasteiger partial charge in [-0.05, 0) is 42.0 Å². The molecular weight excluding hydrogens is 287 g/mol. The summed E-state index contributed by atoms with van der Waals surface area (Å²) < 4.78 is 17.8. The topological polar surface area (TPSA) is 70.6 Å². The van der Waals surface area contributed by atoms with Gasteiger partial charge in [0, 0.05) is 12.2 Å². The number of aliphatic hydroxyl groups excluding tert-OH is 1. The molecule has 116 valence electrons. The van der Waals surface area contributed by atoms with Crippen LogP contribution in [0, 0.1) is 5.82 Å². The lowest BCUT2D eigenvalue weighted by atomic mass is 10.1. The van der Waals surface area contributed by atoms with Crippen molar-refractivity contribution in [3.63, 3.8) is 0 Å². The number of carbonyl (C=O) groups is 1. The van der Waals surface area contributed by atoms with Gasteiger partial charge < -0.3 is 20.5 Å². The number of amides is 2. The second-order valence-electron chi connectivity index (χ2n) is 4.63. The molecule has 0 saturated heterocycles. The minimum Gasteiger partial charge on any atom is -0.497 e. The Morgan fingerprint density at radius 1 is 1.18 bits per heavy atom. The van der Waals surface area contributed by atoms with Gasteiger partial charge in [0.1, 0.15) is 11.6 Å². The molecule has 0 saturated carbocycles. The molecule has 0 unspecified atom stereocenters. The van der Waals surface area contributed by atoms with Crippen molar-refractivity contribution in [2.75, 3.05) is 19.0 Å². The molecule has 0 radical (unpaired) electrons. The number of rotatable bonds is 5. The molecule has 0 fully saturated rings. The Balaban J connectivity index is 1.83. The lowest BCUT2D eigenvalue weighted by Gasteiger charge is -2.13. The van der Waals surface area contributed by atoms with Crippen molar-refractivity contribution in [3.05, 3.63) is 59.9 Å². The second-order valence-corrected chi connectivity index (χ2v) is 4.63. The molecule has 0 aliphatic heterocycles. The summed E-state index contributed by atoms with van der Waals surface area (Å²) in [5.41, 5.74) is 1.14. The van der Waals surface area contributed by atoms with Crippen LogP contribution in [-0.2, 0) is 0 Å². The average Bonchev–Trinajstić information content (AvgIpc) is 2.55. The molecule has 0 aliphatic carbocycles. The summed E-state index contributed by atoms with van der Waals surface area (Å²) in [5, 5.41) is 15.1. The number of urea groups is 1. The van der Waals surface area contributed by atoms with E-state index in [1.165, 1.54) is 24.3 Å². The number of methoxy groups -OCH3 is 1. The van der Waals surface area contributed by atoms with Gasteiger partial charge in [-0.3, -0.25) is 0 Å². The maximum atomic E-state index is 12.7. The summed E-state index contributed by atoms with van der Waals surface area (Å²) in [5.74, 6) is 0.318. The Morgan fingerprint density at radius 3 is 2.41 bits per heavy atom. The van der Waals surface area contributed by atoms with Crippen LogP contribution in [-0.4, -0.2) is 24.8 Å². The zero-order chi connectivity index (χ0) is 15.9. The van der Waals surface area contributed by atoms with Gasteiger partial charge in [-0.15, -0.1) is 0 Å². The number of anilines is 1. The monoisotopic (exact) mass is 304 g/mol. The van der Waals surface area contributed by atoms with Crippen molar-refractivity contribution in [2.24, 2.45) is 0 Å². The van der Waals surface area contributed by atoms with Crippen LogP contribution in [0.15, 0.2) is 48.5 Å². The van der Waals surface area contributed by atoms with Gasteiger partial charge in [-0.2, -0.15) is 0 Å². The fourth-order valence-electron chi connectivity index (χ4n) is 1.84. The molecule has 22 heavy (non-hydrogen) atoms. The van der Waals surface area contributed by atoms with Gasteiger partial charge in [0.05, 0.1) is 13.2 Å². The standard InChI is InChI=1S/C16H17FN2O3/c1-22-14-8-2-11(3-9-14)15(20)10-18-16(21)19-13-6-4-12(17)5-7-13/h2-9,15,20H,10H2,1H3,(H2,18,19,21)/t15-/m1/s1. The van der Waals surface area contributed by atoms with Gasteiger partial charge in [0.25, 0.3) is 0 Å². The van der Waals surface area contributed by atoms with E-state index in [4.69, 9.17) is 4.74 Å². The van der Waals surface area contributed by atoms with E-state index >= 15 is 0 Å². The summed E-state index contributed by atoms with van der Waals surface area (Å²) in [7, 11) is 1.56. The predicted octanol–water partition coefficient (Wildman–Crippen LogP) is 2.69. The molecule has 3 N–H and O–H groups in total. The molecule has 0 aromatic heterocycles. The van der Waals surface area contributed by atoms with Crippen LogP contribution >= 0.6 is 0 Å². The summed E-state index contributed by atoms with van der Waals surface area (Å²) in [6.45, 7) is 0.0549. The first-order valence-corrected chi connectivity index (χ1v) is 6.71. The number of hydrogen-bond acceptors (Lipinski definition) is 3. The fraction of sp³-hybridized carbons (Fsp3) is 0.188. The van der Waals surface area contributed by atoms with Crippen molar-refractivity contribution in [2.45, 2.75) is 6.10 Å². The third kappa shape index (κ3) is 4.46. The van der Waals surface area contributed by atoms with Gasteiger partial charge in [-0.1, -0.05) is 12.1 Å². The second kappa shape index (κ2) is 7.42. The third-order valence-corrected chi connectivity index (χ3v) is 3.06. The maximum absolute atomic E-state index is 12.7. The normalized spacial score (nSPS) is 11.6. The van der Waals surface area contributed by atoms with Crippen LogP contribution in [0.1, 0.15) is 11.7 Å². The van der Waals surface area contributed by atoms with Crippen molar-refractivity contribution in [3.8, 4) is 5.75 Å². The summed E-state index contributed by atoms with van der Waals surface area (Å²) in [6.07, 6.45) is -0.829. The number of nitrogens with one attached hydrogen (secondary N) is 2. The summed E-state index contributed by atoms with van der Waals surface area (Å²) in [4.78, 5) is 11.7. The Hall–Kier alpha value is -2.60. The minimum atomic E-state index is -0.829. The smallest absolute Gasteiger partial charge is 0.319 e. The number of carbonyl (C=O) groups excluding carboxylic acids is 1. The first-order chi connectivity index (χ1) is 10.6. The highest BCUT2D eigenvalue weighted by molar-refractivity contribution is 5.89. The summed E-state index contributed by atoms with van der Waals surface area (Å²) >= 11 is 0. The first-order valence-electron chi connectivity index (χ1n) is 6.71. The lowest BCUT2D eigenvalue weighted by Crippen LogP contribution is -2.32. The summed E-state index contributed by atoms with van der Waals surface area (Å²) in [6, 6.07) is 11.9. The molecule has 0 heterocycles. The number of halogens is 1. The van der Waals surface area contributed by atoms with E-state index in [0.29, 0.717) is 17.0 Å². The largest absolute Gasteiger partial charge is 0.497 e. The van der Waals surface area contributed by atoms with E-state index in [2.05, 4.69) is 10.6 Å². The van der Waals surface area contributed by atoms with Crippen LogP contribution in [0.5, 0.6) is 5.75 Å². The van der Waals surface area contributed by atoms with E-state index in [0.717, 1.165) is 0 Å². The maximum Gasteiger partial charge on any atom is 0.319 e. The lowest BCUT2D eigenvalue weighted by molar-refractivity contribution is 0.175. The van der Waals surface area contributed by atoms with Crippen LogP contribution < -0.4 is 15.4 Å². The quantitative estimate of drug-likeness (QED) is 0.795. The molecule has 2 aromatic rings. The molecule has 5 nitrogen and oxygen atoms in total. The van der Waals surface area contributed by atoms with Crippen molar-refractivity contribution < 1.29 is 19.0 Å². The van der Waals surface area contributed by atoms with E-state index in [1.54, 1.807) is 31.4 Å². The highest BCUT2D eigenvalue weighted by Crippen LogP contribution is 2.17. The highest BCUT2D eigenvalue weighted by atomic mass is 19.1. The molecule has 2 amide bonds. The van der Waals surface area contributed by atoms with Crippen LogP contribution in [0.3, 0.4) is 0 Å². The fourth-order valence-corrected chi connectivity index (χ4v) is 1.84. The van der Waals surface area contributed by atoms with Crippen LogP contribution in [0.2, 0.25) is 0 Å². The number of hydrogen-bond donors (Lipinski definition) is 3. The Labute approximate surface area is 127 Å². The van der Waals surface area contributed by atoms with Crippen LogP contribution in [0.25, 0.3) is 0 Å². The molecule has 1 atom stereocenters. The molecule has 6 heteroatoms. The minimum absolute atomic E-state index is 0.0549. The van der Waals surface area contributed by atoms with Gasteiger partial charge in [0.2, 0.25) is 0 Å². The van der Waals surface area contributed by atoms with Gasteiger partial charge in [0.15, 0.2) is 0 Å². The third-order valence-electron chi connectivity index (χ3n) is 3.06. The average molecular weight is 304 g/mol. The van der Waals surface area contributed by atoms with E-state index in [9.17, 15) is 14.3 Å². The number of aliphatic hydroxyl groups is 1. The van der Waals surface area contributed by atoms with Gasteiger partial charge >= 0.3 is 6.03 Å². The van der Waals surface area contributed by atoms with E-state index in [-0.39, 0.29) is 12.4 Å². The number of benzene rings is 2. The SMILES string of the molecule is COc1ccc([C@H](O)CNC(=O)Nc2ccc(F)cc2)cc1. The highest BCUT2D eigenvalue weighted by Gasteiger charge is 2.09. The zero-order valence-electron chi connectivity index (χ0n) is 12.0. The van der Waals surface area contributed by atoms with Crippen LogP contribution in [0.4, 0.5) is 14.9 Å². The number of ether oxygens (including phenoxy) is 1. The van der Waals surface area contributed by atoms with Gasteiger partial charge in [-0.25, -0.2) is 9.18 Å². The molecule has 2 aromatic carbocycles. The zero-order valence-corrected chi connectivity index (χ0v) is 12.0. The first kappa shape index (κ1) is 15.8. The van der Waals surface area contributed by atoms with Crippen molar-refractivity contribution >= 4 is 11.7 Å². The van der Waals surface area contributed by atoms with Crippen molar-refractivity contribution in [1.82, 2.24) is 5.32 Å². The predicted molar refractivity (Wildman–Crippen MR) is 81.4 cm³/mol. The Kier molecular flexibility index (Phi) is 5.32. The molecule has 0 aliphatic rings. The molecule has 2 rings (SSSR count). The molecule has 0 spiro atoms. The van der Waals surface area contributed by atoms with E-state index < -0.39 is 12.1 Å².